The highest BCUT2D eigenvalue weighted by atomic mass is 32.2. The number of guanidine groups is 1. The molecule has 0 unspecified atom stereocenters. The largest absolute Gasteiger partial charge is 0.511 e. The fraction of sp³-hybridized carbons (Fsp3) is 0.611. The smallest absolute Gasteiger partial charge is 0.497 e. The van der Waals surface area contributed by atoms with E-state index in [0.717, 1.165) is 17.7 Å². The van der Waals surface area contributed by atoms with Crippen molar-refractivity contribution in [3.05, 3.63) is 29.8 Å². The highest BCUT2D eigenvalue weighted by Gasteiger charge is 2.50. The Morgan fingerprint density at radius 1 is 1.24 bits per heavy atom. The zero-order valence-electron chi connectivity index (χ0n) is 16.5. The number of piperidine rings is 1. The van der Waals surface area contributed by atoms with Gasteiger partial charge in [0.25, 0.3) is 0 Å². The molecule has 29 heavy (non-hydrogen) atoms. The van der Waals surface area contributed by atoms with E-state index >= 15 is 0 Å². The van der Waals surface area contributed by atoms with Crippen LogP contribution in [0.3, 0.4) is 0 Å². The Bertz CT molecular complexity index is 775. The number of methoxy groups -OCH3 is 1. The van der Waals surface area contributed by atoms with Gasteiger partial charge in [0.05, 0.1) is 7.11 Å². The second-order valence-electron chi connectivity index (χ2n) is 6.63. The van der Waals surface area contributed by atoms with Crippen LogP contribution < -0.4 is 15.4 Å². The molecule has 0 aromatic heterocycles. The van der Waals surface area contributed by atoms with Crippen molar-refractivity contribution < 1.29 is 26.3 Å². The molecule has 0 saturated carbocycles. The monoisotopic (exact) mass is 436 g/mol. The minimum atomic E-state index is -5.26. The molecular weight excluding hydrogens is 409 g/mol. The summed E-state index contributed by atoms with van der Waals surface area (Å²) in [4.78, 5) is 4.50. The molecule has 0 radical (unpaired) electrons. The van der Waals surface area contributed by atoms with Gasteiger partial charge in [0.1, 0.15) is 5.75 Å². The topological polar surface area (TPSA) is 83.0 Å². The first kappa shape index (κ1) is 23.3. The molecule has 7 nitrogen and oxygen atoms in total. The van der Waals surface area contributed by atoms with Crippen molar-refractivity contribution in [1.29, 1.82) is 0 Å². The predicted octanol–water partition coefficient (Wildman–Crippen LogP) is 2.11. The van der Waals surface area contributed by atoms with Crippen LogP contribution in [0.4, 0.5) is 13.2 Å². The van der Waals surface area contributed by atoms with Crippen molar-refractivity contribution in [2.24, 2.45) is 4.99 Å². The van der Waals surface area contributed by atoms with Crippen LogP contribution in [0.5, 0.6) is 5.75 Å². The van der Waals surface area contributed by atoms with Crippen molar-refractivity contribution >= 4 is 16.0 Å². The van der Waals surface area contributed by atoms with Crippen LogP contribution in [0, 0.1) is 0 Å². The lowest BCUT2D eigenvalue weighted by Crippen LogP contribution is -2.51. The minimum Gasteiger partial charge on any atom is -0.497 e. The third-order valence-corrected chi connectivity index (χ3v) is 6.23. The van der Waals surface area contributed by atoms with E-state index in [4.69, 9.17) is 4.74 Å². The van der Waals surface area contributed by atoms with Gasteiger partial charge in [0.15, 0.2) is 5.96 Å². The SMILES string of the molecule is CCNC(=NCCc1ccc(OC)cc1)NC1CCN(S(=O)(=O)C(F)(F)F)CC1. The van der Waals surface area contributed by atoms with Crippen LogP contribution in [-0.4, -0.2) is 63.5 Å². The Kier molecular flexibility index (Phi) is 8.14. The van der Waals surface area contributed by atoms with Gasteiger partial charge in [-0.1, -0.05) is 12.1 Å². The van der Waals surface area contributed by atoms with Gasteiger partial charge in [0, 0.05) is 32.2 Å². The molecule has 1 saturated heterocycles. The van der Waals surface area contributed by atoms with E-state index in [1.807, 2.05) is 31.2 Å². The molecule has 11 heteroatoms. The summed E-state index contributed by atoms with van der Waals surface area (Å²) < 4.78 is 66.6. The number of alkyl halides is 3. The van der Waals surface area contributed by atoms with Crippen molar-refractivity contribution in [3.8, 4) is 5.75 Å². The summed E-state index contributed by atoms with van der Waals surface area (Å²) in [5.74, 6) is 1.35. The number of hydrogen-bond acceptors (Lipinski definition) is 4. The van der Waals surface area contributed by atoms with Gasteiger partial charge in [-0.3, -0.25) is 4.99 Å². The van der Waals surface area contributed by atoms with E-state index < -0.39 is 15.5 Å². The lowest BCUT2D eigenvalue weighted by Gasteiger charge is -2.32. The number of nitrogens with one attached hydrogen (secondary N) is 2. The maximum Gasteiger partial charge on any atom is 0.511 e. The Morgan fingerprint density at radius 2 is 1.86 bits per heavy atom. The number of hydrogen-bond donors (Lipinski definition) is 2. The van der Waals surface area contributed by atoms with Gasteiger partial charge in [-0.2, -0.15) is 17.5 Å². The fourth-order valence-electron chi connectivity index (χ4n) is 2.99. The van der Waals surface area contributed by atoms with Gasteiger partial charge >= 0.3 is 15.5 Å². The molecule has 1 aromatic rings. The van der Waals surface area contributed by atoms with Crippen LogP contribution in [-0.2, 0) is 16.4 Å². The van der Waals surface area contributed by atoms with E-state index in [1.165, 1.54) is 0 Å². The van der Waals surface area contributed by atoms with Gasteiger partial charge in [-0.15, -0.1) is 0 Å². The number of aliphatic imine (C=N–C) groups is 1. The highest BCUT2D eigenvalue weighted by molar-refractivity contribution is 7.90. The van der Waals surface area contributed by atoms with Crippen molar-refractivity contribution in [1.82, 2.24) is 14.9 Å². The first-order valence-electron chi connectivity index (χ1n) is 9.41. The van der Waals surface area contributed by atoms with Crippen LogP contribution in [0.2, 0.25) is 0 Å². The Hall–Kier alpha value is -2.01. The van der Waals surface area contributed by atoms with E-state index in [0.29, 0.717) is 23.4 Å². The van der Waals surface area contributed by atoms with Gasteiger partial charge in [-0.25, -0.2) is 8.42 Å². The molecular formula is C18H27F3N4O3S. The molecule has 2 N–H and O–H groups in total. The molecule has 0 atom stereocenters. The summed E-state index contributed by atoms with van der Waals surface area (Å²) >= 11 is 0. The second kappa shape index (κ2) is 10.1. The summed E-state index contributed by atoms with van der Waals surface area (Å²) in [7, 11) is -3.65. The van der Waals surface area contributed by atoms with Gasteiger partial charge in [-0.05, 0) is 43.9 Å². The number of ether oxygens (including phenoxy) is 1. The summed E-state index contributed by atoms with van der Waals surface area (Å²) in [5, 5.41) is 6.30. The Balaban J connectivity index is 1.88. The standard InChI is InChI=1S/C18H27F3N4O3S/c1-3-22-17(23-11-8-14-4-6-16(28-2)7-5-14)24-15-9-12-25(13-10-15)29(26,27)18(19,20)21/h4-7,15H,3,8-13H2,1-2H3,(H2,22,23,24). The molecule has 0 aliphatic carbocycles. The van der Waals surface area contributed by atoms with Crippen molar-refractivity contribution in [2.45, 2.75) is 37.7 Å². The van der Waals surface area contributed by atoms with E-state index in [1.54, 1.807) is 7.11 Å². The van der Waals surface area contributed by atoms with E-state index in [9.17, 15) is 21.6 Å². The molecule has 0 amide bonds. The average molecular weight is 437 g/mol. The first-order chi connectivity index (χ1) is 13.7. The number of benzene rings is 1. The van der Waals surface area contributed by atoms with Crippen LogP contribution >= 0.6 is 0 Å². The first-order valence-corrected chi connectivity index (χ1v) is 10.9. The third kappa shape index (κ3) is 6.49. The average Bonchev–Trinajstić information content (AvgIpc) is 2.68. The second-order valence-corrected chi connectivity index (χ2v) is 8.56. The Labute approximate surface area is 169 Å². The molecule has 0 bridgehead atoms. The van der Waals surface area contributed by atoms with E-state index in [2.05, 4.69) is 15.6 Å². The van der Waals surface area contributed by atoms with Crippen molar-refractivity contribution in [2.75, 3.05) is 33.3 Å². The lowest BCUT2D eigenvalue weighted by atomic mass is 10.1. The summed E-state index contributed by atoms with van der Waals surface area (Å²) in [6, 6.07) is 7.54. The van der Waals surface area contributed by atoms with Gasteiger partial charge in [0.2, 0.25) is 0 Å². The molecule has 1 aromatic carbocycles. The number of nitrogens with zero attached hydrogens (tertiary/aromatic N) is 2. The minimum absolute atomic E-state index is 0.145. The molecule has 1 heterocycles. The van der Waals surface area contributed by atoms with Crippen LogP contribution in [0.1, 0.15) is 25.3 Å². The molecule has 1 aliphatic heterocycles. The predicted molar refractivity (Wildman–Crippen MR) is 105 cm³/mol. The highest BCUT2D eigenvalue weighted by Crippen LogP contribution is 2.28. The third-order valence-electron chi connectivity index (χ3n) is 4.60. The summed E-state index contributed by atoms with van der Waals surface area (Å²) in [5.41, 5.74) is -4.15. The molecule has 2 rings (SSSR count). The molecule has 1 fully saturated rings. The Morgan fingerprint density at radius 3 is 2.38 bits per heavy atom. The van der Waals surface area contributed by atoms with Crippen molar-refractivity contribution in [3.63, 3.8) is 0 Å². The quantitative estimate of drug-likeness (QED) is 0.505. The molecule has 164 valence electrons. The molecule has 1 aliphatic rings. The maximum atomic E-state index is 12.7. The normalized spacial score (nSPS) is 17.2. The fourth-order valence-corrected chi connectivity index (χ4v) is 3.97. The summed E-state index contributed by atoms with van der Waals surface area (Å²) in [6.45, 7) is 2.73. The van der Waals surface area contributed by atoms with E-state index in [-0.39, 0.29) is 32.0 Å². The van der Waals surface area contributed by atoms with Gasteiger partial charge < -0.3 is 15.4 Å². The number of sulfonamides is 1. The molecule has 0 spiro atoms. The van der Waals surface area contributed by atoms with Crippen LogP contribution in [0.15, 0.2) is 29.3 Å². The zero-order chi connectivity index (χ0) is 21.5. The maximum absolute atomic E-state index is 12.7. The van der Waals surface area contributed by atoms with Crippen LogP contribution in [0.25, 0.3) is 0 Å². The number of halogens is 3. The number of rotatable bonds is 7. The lowest BCUT2D eigenvalue weighted by molar-refractivity contribution is -0.0494. The summed E-state index contributed by atoms with van der Waals surface area (Å²) in [6.07, 6.45) is 1.28. The zero-order valence-corrected chi connectivity index (χ0v) is 17.3.